The fourth-order valence-corrected chi connectivity index (χ4v) is 2.36. The van der Waals surface area contributed by atoms with Crippen LogP contribution in [0.5, 0.6) is 0 Å². The SMILES string of the molecule is COC(=O)N1CCN(C(=O)C2CCNC2)CC1. The average molecular weight is 241 g/mol. The Morgan fingerprint density at radius 1 is 1.18 bits per heavy atom. The third-order valence-corrected chi connectivity index (χ3v) is 3.43. The molecule has 2 heterocycles. The van der Waals surface area contributed by atoms with Crippen LogP contribution in [0.3, 0.4) is 0 Å². The number of amides is 2. The Bertz CT molecular complexity index is 294. The lowest BCUT2D eigenvalue weighted by Gasteiger charge is -2.35. The number of nitrogens with one attached hydrogen (secondary N) is 1. The van der Waals surface area contributed by atoms with Gasteiger partial charge >= 0.3 is 6.09 Å². The number of nitrogens with zero attached hydrogens (tertiary/aromatic N) is 2. The van der Waals surface area contributed by atoms with E-state index in [1.807, 2.05) is 4.90 Å². The maximum absolute atomic E-state index is 12.1. The molecule has 0 aliphatic carbocycles. The molecule has 1 N–H and O–H groups in total. The number of rotatable bonds is 1. The third-order valence-electron chi connectivity index (χ3n) is 3.43. The van der Waals surface area contributed by atoms with Crippen LogP contribution < -0.4 is 5.32 Å². The highest BCUT2D eigenvalue weighted by Crippen LogP contribution is 2.13. The summed E-state index contributed by atoms with van der Waals surface area (Å²) in [6.07, 6.45) is 0.621. The molecule has 1 atom stereocenters. The number of methoxy groups -OCH3 is 1. The first-order valence-corrected chi connectivity index (χ1v) is 6.05. The molecule has 0 aromatic rings. The normalized spacial score (nSPS) is 24.9. The molecule has 17 heavy (non-hydrogen) atoms. The quantitative estimate of drug-likeness (QED) is 0.672. The maximum atomic E-state index is 12.1. The minimum Gasteiger partial charge on any atom is -0.453 e. The van der Waals surface area contributed by atoms with Crippen LogP contribution in [0, 0.1) is 5.92 Å². The Balaban J connectivity index is 1.82. The van der Waals surface area contributed by atoms with Gasteiger partial charge in [0.05, 0.1) is 13.0 Å². The highest BCUT2D eigenvalue weighted by atomic mass is 16.5. The molecule has 0 radical (unpaired) electrons. The van der Waals surface area contributed by atoms with Gasteiger partial charge in [0, 0.05) is 32.7 Å². The van der Waals surface area contributed by atoms with Crippen molar-refractivity contribution in [3.63, 3.8) is 0 Å². The van der Waals surface area contributed by atoms with Crippen LogP contribution in [-0.2, 0) is 9.53 Å². The molecular weight excluding hydrogens is 222 g/mol. The molecule has 1 unspecified atom stereocenters. The van der Waals surface area contributed by atoms with Crippen LogP contribution in [0.1, 0.15) is 6.42 Å². The van der Waals surface area contributed by atoms with E-state index in [-0.39, 0.29) is 17.9 Å². The van der Waals surface area contributed by atoms with E-state index in [2.05, 4.69) is 10.1 Å². The Kier molecular flexibility index (Phi) is 3.83. The molecule has 2 saturated heterocycles. The molecule has 2 aliphatic rings. The summed E-state index contributed by atoms with van der Waals surface area (Å²) >= 11 is 0. The van der Waals surface area contributed by atoms with E-state index in [0.29, 0.717) is 26.2 Å². The molecule has 96 valence electrons. The number of ether oxygens (including phenoxy) is 1. The fraction of sp³-hybridized carbons (Fsp3) is 0.818. The van der Waals surface area contributed by atoms with Gasteiger partial charge in [0.2, 0.25) is 5.91 Å². The van der Waals surface area contributed by atoms with Gasteiger partial charge in [0.15, 0.2) is 0 Å². The predicted octanol–water partition coefficient (Wildman–Crippen LogP) is -0.493. The summed E-state index contributed by atoms with van der Waals surface area (Å²) in [7, 11) is 1.38. The number of hydrogen-bond donors (Lipinski definition) is 1. The first-order chi connectivity index (χ1) is 8.22. The molecule has 2 amide bonds. The number of hydrogen-bond acceptors (Lipinski definition) is 4. The molecule has 0 aromatic carbocycles. The second kappa shape index (κ2) is 5.35. The Morgan fingerprint density at radius 2 is 1.82 bits per heavy atom. The van der Waals surface area contributed by atoms with Crippen LogP contribution in [0.25, 0.3) is 0 Å². The maximum Gasteiger partial charge on any atom is 0.409 e. The van der Waals surface area contributed by atoms with Gasteiger partial charge in [0.1, 0.15) is 0 Å². The van der Waals surface area contributed by atoms with Crippen LogP contribution in [-0.4, -0.2) is 68.2 Å². The van der Waals surface area contributed by atoms with Crippen molar-refractivity contribution in [2.24, 2.45) is 5.92 Å². The van der Waals surface area contributed by atoms with Gasteiger partial charge < -0.3 is 19.9 Å². The summed E-state index contributed by atoms with van der Waals surface area (Å²) in [5, 5.41) is 3.20. The number of piperazine rings is 1. The van der Waals surface area contributed by atoms with Gasteiger partial charge in [-0.25, -0.2) is 4.79 Å². The zero-order valence-electron chi connectivity index (χ0n) is 10.1. The highest BCUT2D eigenvalue weighted by Gasteiger charge is 2.30. The molecule has 2 fully saturated rings. The van der Waals surface area contributed by atoms with Crippen LogP contribution in [0.4, 0.5) is 4.79 Å². The van der Waals surface area contributed by atoms with Crippen molar-refractivity contribution in [2.45, 2.75) is 6.42 Å². The van der Waals surface area contributed by atoms with Crippen molar-refractivity contribution < 1.29 is 14.3 Å². The van der Waals surface area contributed by atoms with Gasteiger partial charge in [-0.2, -0.15) is 0 Å². The van der Waals surface area contributed by atoms with Crippen LogP contribution in [0.2, 0.25) is 0 Å². The van der Waals surface area contributed by atoms with Gasteiger partial charge in [-0.1, -0.05) is 0 Å². The zero-order chi connectivity index (χ0) is 12.3. The first kappa shape index (κ1) is 12.2. The van der Waals surface area contributed by atoms with E-state index >= 15 is 0 Å². The minimum atomic E-state index is -0.306. The van der Waals surface area contributed by atoms with E-state index in [9.17, 15) is 9.59 Å². The molecule has 6 nitrogen and oxygen atoms in total. The molecule has 0 saturated carbocycles. The third kappa shape index (κ3) is 2.69. The minimum absolute atomic E-state index is 0.125. The second-order valence-corrected chi connectivity index (χ2v) is 4.47. The van der Waals surface area contributed by atoms with Crippen molar-refractivity contribution in [1.29, 1.82) is 0 Å². The highest BCUT2D eigenvalue weighted by molar-refractivity contribution is 5.79. The molecule has 0 bridgehead atoms. The number of carbonyl (C=O) groups is 2. The lowest BCUT2D eigenvalue weighted by atomic mass is 10.1. The Hall–Kier alpha value is -1.30. The molecule has 0 spiro atoms. The summed E-state index contributed by atoms with van der Waals surface area (Å²) in [5.41, 5.74) is 0. The lowest BCUT2D eigenvalue weighted by Crippen LogP contribution is -2.52. The van der Waals surface area contributed by atoms with Gasteiger partial charge in [0.25, 0.3) is 0 Å². The molecule has 6 heteroatoms. The van der Waals surface area contributed by atoms with Gasteiger partial charge in [-0.05, 0) is 13.0 Å². The van der Waals surface area contributed by atoms with Crippen molar-refractivity contribution in [3.8, 4) is 0 Å². The summed E-state index contributed by atoms with van der Waals surface area (Å²) in [6.45, 7) is 4.08. The molecule has 2 rings (SSSR count). The number of carbonyl (C=O) groups excluding carboxylic acids is 2. The Morgan fingerprint density at radius 3 is 2.35 bits per heavy atom. The molecular formula is C11H19N3O3. The summed E-state index contributed by atoms with van der Waals surface area (Å²) < 4.78 is 4.66. The average Bonchev–Trinajstić information content (AvgIpc) is 2.91. The van der Waals surface area contributed by atoms with Crippen molar-refractivity contribution in [3.05, 3.63) is 0 Å². The van der Waals surface area contributed by atoms with Crippen LogP contribution in [0.15, 0.2) is 0 Å². The van der Waals surface area contributed by atoms with E-state index in [1.165, 1.54) is 7.11 Å². The monoisotopic (exact) mass is 241 g/mol. The molecule has 0 aromatic heterocycles. The smallest absolute Gasteiger partial charge is 0.409 e. The van der Waals surface area contributed by atoms with Gasteiger partial charge in [-0.15, -0.1) is 0 Å². The largest absolute Gasteiger partial charge is 0.453 e. The van der Waals surface area contributed by atoms with E-state index in [1.54, 1.807) is 4.90 Å². The second-order valence-electron chi connectivity index (χ2n) is 4.47. The van der Waals surface area contributed by atoms with Crippen molar-refractivity contribution in [2.75, 3.05) is 46.4 Å². The van der Waals surface area contributed by atoms with E-state index in [4.69, 9.17) is 0 Å². The standard InChI is InChI=1S/C11H19N3O3/c1-17-11(16)14-6-4-13(5-7-14)10(15)9-2-3-12-8-9/h9,12H,2-8H2,1H3. The van der Waals surface area contributed by atoms with E-state index in [0.717, 1.165) is 19.5 Å². The van der Waals surface area contributed by atoms with E-state index < -0.39 is 0 Å². The van der Waals surface area contributed by atoms with Gasteiger partial charge in [-0.3, -0.25) is 4.79 Å². The molecule has 2 aliphatic heterocycles. The Labute approximate surface area is 101 Å². The zero-order valence-corrected chi connectivity index (χ0v) is 10.1. The fourth-order valence-electron chi connectivity index (χ4n) is 2.36. The van der Waals surface area contributed by atoms with Crippen molar-refractivity contribution >= 4 is 12.0 Å². The summed E-state index contributed by atoms with van der Waals surface area (Å²) in [4.78, 5) is 26.9. The summed E-state index contributed by atoms with van der Waals surface area (Å²) in [5.74, 6) is 0.346. The predicted molar refractivity (Wildman–Crippen MR) is 61.5 cm³/mol. The summed E-state index contributed by atoms with van der Waals surface area (Å²) in [6, 6.07) is 0. The lowest BCUT2D eigenvalue weighted by molar-refractivity contribution is -0.136. The van der Waals surface area contributed by atoms with Crippen molar-refractivity contribution in [1.82, 2.24) is 15.1 Å². The topological polar surface area (TPSA) is 61.9 Å². The first-order valence-electron chi connectivity index (χ1n) is 6.05. The van der Waals surface area contributed by atoms with Crippen LogP contribution >= 0.6 is 0 Å².